The molecule has 0 radical (unpaired) electrons. The number of rotatable bonds is 6. The standard InChI is InChI=1S/C21H15Cl2N3OS/c22-16-9-8-15(18(23)11-16)13-27-17-5-3-4-14(10-17)12-24-26-21-25-19-6-1-2-7-20(19)28-21/h1-12H,13H2,(H,25,26)/b24-12-. The first-order chi connectivity index (χ1) is 13.7. The second kappa shape index (κ2) is 8.61. The van der Waals surface area contributed by atoms with E-state index in [1.807, 2.05) is 54.6 Å². The summed E-state index contributed by atoms with van der Waals surface area (Å²) in [6.45, 7) is 0.362. The van der Waals surface area contributed by atoms with Crippen LogP contribution in [0, 0.1) is 0 Å². The highest BCUT2D eigenvalue weighted by atomic mass is 35.5. The molecule has 0 atom stereocenters. The lowest BCUT2D eigenvalue weighted by molar-refractivity contribution is 0.306. The van der Waals surface area contributed by atoms with Crippen molar-refractivity contribution in [2.75, 3.05) is 5.43 Å². The quantitative estimate of drug-likeness (QED) is 0.277. The topological polar surface area (TPSA) is 46.5 Å². The average Bonchev–Trinajstić information content (AvgIpc) is 3.10. The highest BCUT2D eigenvalue weighted by Gasteiger charge is 2.04. The maximum absolute atomic E-state index is 6.18. The van der Waals surface area contributed by atoms with Gasteiger partial charge in [0.05, 0.1) is 16.4 Å². The van der Waals surface area contributed by atoms with Crippen molar-refractivity contribution in [1.29, 1.82) is 0 Å². The molecular formula is C21H15Cl2N3OS. The van der Waals surface area contributed by atoms with Crippen molar-refractivity contribution in [2.45, 2.75) is 6.61 Å². The third-order valence-electron chi connectivity index (χ3n) is 3.94. The number of aromatic nitrogens is 1. The van der Waals surface area contributed by atoms with Crippen LogP contribution >= 0.6 is 34.5 Å². The Kier molecular flexibility index (Phi) is 5.76. The summed E-state index contributed by atoms with van der Waals surface area (Å²) in [5, 5.41) is 6.22. The van der Waals surface area contributed by atoms with E-state index in [4.69, 9.17) is 27.9 Å². The minimum absolute atomic E-state index is 0.362. The van der Waals surface area contributed by atoms with Gasteiger partial charge in [-0.05, 0) is 42.0 Å². The number of fused-ring (bicyclic) bond motifs is 1. The number of hydrazone groups is 1. The van der Waals surface area contributed by atoms with Crippen LogP contribution in [-0.2, 0) is 6.61 Å². The second-order valence-electron chi connectivity index (χ2n) is 5.95. The third-order valence-corrected chi connectivity index (χ3v) is 5.46. The zero-order valence-electron chi connectivity index (χ0n) is 14.6. The number of nitrogens with one attached hydrogen (secondary N) is 1. The molecule has 0 aliphatic heterocycles. The predicted octanol–water partition coefficient (Wildman–Crippen LogP) is 6.63. The number of para-hydroxylation sites is 1. The summed E-state index contributed by atoms with van der Waals surface area (Å²) in [5.41, 5.74) is 5.73. The fraction of sp³-hybridized carbons (Fsp3) is 0.0476. The Morgan fingerprint density at radius 2 is 1.93 bits per heavy atom. The first-order valence-electron chi connectivity index (χ1n) is 8.49. The molecule has 1 aromatic heterocycles. The normalized spacial score (nSPS) is 11.2. The molecule has 4 nitrogen and oxygen atoms in total. The summed E-state index contributed by atoms with van der Waals surface area (Å²) < 4.78 is 6.96. The fourth-order valence-electron chi connectivity index (χ4n) is 2.57. The third kappa shape index (κ3) is 4.62. The largest absolute Gasteiger partial charge is 0.489 e. The van der Waals surface area contributed by atoms with Crippen LogP contribution in [0.25, 0.3) is 10.2 Å². The molecule has 0 unspecified atom stereocenters. The lowest BCUT2D eigenvalue weighted by atomic mass is 10.2. The smallest absolute Gasteiger partial charge is 0.204 e. The SMILES string of the molecule is Clc1ccc(COc2cccc(/C=N\Nc3nc4ccccc4s3)c2)c(Cl)c1. The molecule has 0 bridgehead atoms. The number of nitrogens with zero attached hydrogens (tertiary/aromatic N) is 2. The van der Waals surface area contributed by atoms with Crippen LogP contribution in [0.4, 0.5) is 5.13 Å². The van der Waals surface area contributed by atoms with Crippen LogP contribution in [0.5, 0.6) is 5.75 Å². The Morgan fingerprint density at radius 3 is 2.79 bits per heavy atom. The number of benzene rings is 3. The van der Waals surface area contributed by atoms with Gasteiger partial charge in [0, 0.05) is 15.6 Å². The number of ether oxygens (including phenoxy) is 1. The Bertz CT molecular complexity index is 1110. The molecule has 0 spiro atoms. The highest BCUT2D eigenvalue weighted by molar-refractivity contribution is 7.22. The number of hydrogen-bond donors (Lipinski definition) is 1. The van der Waals surface area contributed by atoms with Crippen LogP contribution in [0.1, 0.15) is 11.1 Å². The van der Waals surface area contributed by atoms with Crippen LogP contribution in [0.15, 0.2) is 71.8 Å². The molecule has 4 rings (SSSR count). The van der Waals surface area contributed by atoms with Crippen LogP contribution in [-0.4, -0.2) is 11.2 Å². The molecule has 140 valence electrons. The molecular weight excluding hydrogens is 413 g/mol. The summed E-state index contributed by atoms with van der Waals surface area (Å²) in [7, 11) is 0. The second-order valence-corrected chi connectivity index (χ2v) is 7.83. The van der Waals surface area contributed by atoms with Gasteiger partial charge >= 0.3 is 0 Å². The number of halogens is 2. The van der Waals surface area contributed by atoms with Crippen LogP contribution in [0.3, 0.4) is 0 Å². The predicted molar refractivity (Wildman–Crippen MR) is 118 cm³/mol. The summed E-state index contributed by atoms with van der Waals surface area (Å²) in [5.74, 6) is 0.731. The van der Waals surface area contributed by atoms with Crippen LogP contribution in [0.2, 0.25) is 10.0 Å². The Balaban J connectivity index is 1.39. The van der Waals surface area contributed by atoms with E-state index >= 15 is 0 Å². The Hall–Kier alpha value is -2.60. The average molecular weight is 428 g/mol. The molecule has 0 saturated carbocycles. The molecule has 0 amide bonds. The van der Waals surface area contributed by atoms with Crippen molar-refractivity contribution in [1.82, 2.24) is 4.98 Å². The van der Waals surface area contributed by atoms with Gasteiger partial charge in [-0.15, -0.1) is 0 Å². The minimum atomic E-state index is 0.362. The molecule has 0 fully saturated rings. The van der Waals surface area contributed by atoms with Crippen molar-refractivity contribution in [3.05, 3.63) is 87.9 Å². The van der Waals surface area contributed by atoms with Gasteiger partial charge in [-0.3, -0.25) is 5.43 Å². The molecule has 0 saturated heterocycles. The van der Waals surface area contributed by atoms with Crippen molar-refractivity contribution < 1.29 is 4.74 Å². The monoisotopic (exact) mass is 427 g/mol. The van der Waals surface area contributed by atoms with Gasteiger partial charge in [-0.1, -0.05) is 64.9 Å². The van der Waals surface area contributed by atoms with E-state index in [1.54, 1.807) is 29.7 Å². The lowest BCUT2D eigenvalue weighted by Gasteiger charge is -2.08. The number of anilines is 1. The van der Waals surface area contributed by atoms with E-state index in [9.17, 15) is 0 Å². The molecule has 4 aromatic rings. The van der Waals surface area contributed by atoms with Gasteiger partial charge in [0.1, 0.15) is 12.4 Å². The highest BCUT2D eigenvalue weighted by Crippen LogP contribution is 2.25. The van der Waals surface area contributed by atoms with Crippen LogP contribution < -0.4 is 10.2 Å². The zero-order chi connectivity index (χ0) is 19.3. The fourth-order valence-corrected chi connectivity index (χ4v) is 3.85. The van der Waals surface area contributed by atoms with E-state index in [0.717, 1.165) is 32.2 Å². The lowest BCUT2D eigenvalue weighted by Crippen LogP contribution is -1.97. The van der Waals surface area contributed by atoms with Gasteiger partial charge in [0.2, 0.25) is 5.13 Å². The van der Waals surface area contributed by atoms with Crippen molar-refractivity contribution in [3.8, 4) is 5.75 Å². The maximum Gasteiger partial charge on any atom is 0.204 e. The van der Waals surface area contributed by atoms with E-state index in [-0.39, 0.29) is 0 Å². The van der Waals surface area contributed by atoms with Crippen molar-refractivity contribution >= 4 is 56.1 Å². The summed E-state index contributed by atoms with van der Waals surface area (Å²) in [6.07, 6.45) is 1.73. The van der Waals surface area contributed by atoms with E-state index in [1.165, 1.54) is 0 Å². The van der Waals surface area contributed by atoms with E-state index in [2.05, 4.69) is 15.5 Å². The summed E-state index contributed by atoms with van der Waals surface area (Å²) in [6, 6.07) is 21.0. The molecule has 3 aromatic carbocycles. The van der Waals surface area contributed by atoms with Gasteiger partial charge < -0.3 is 4.74 Å². The van der Waals surface area contributed by atoms with Gasteiger partial charge in [-0.25, -0.2) is 4.98 Å². The minimum Gasteiger partial charge on any atom is -0.489 e. The van der Waals surface area contributed by atoms with E-state index in [0.29, 0.717) is 16.7 Å². The molecule has 28 heavy (non-hydrogen) atoms. The van der Waals surface area contributed by atoms with Gasteiger partial charge in [0.25, 0.3) is 0 Å². The summed E-state index contributed by atoms with van der Waals surface area (Å²) in [4.78, 5) is 4.49. The Labute approximate surface area is 176 Å². The first kappa shape index (κ1) is 18.7. The zero-order valence-corrected chi connectivity index (χ0v) is 16.9. The molecule has 1 N–H and O–H groups in total. The molecule has 0 aliphatic carbocycles. The molecule has 7 heteroatoms. The van der Waals surface area contributed by atoms with Crippen molar-refractivity contribution in [3.63, 3.8) is 0 Å². The van der Waals surface area contributed by atoms with Gasteiger partial charge in [0.15, 0.2) is 0 Å². The Morgan fingerprint density at radius 1 is 1.04 bits per heavy atom. The summed E-state index contributed by atoms with van der Waals surface area (Å²) >= 11 is 13.7. The molecule has 0 aliphatic rings. The number of thiazole rings is 1. The number of hydrogen-bond acceptors (Lipinski definition) is 5. The van der Waals surface area contributed by atoms with E-state index < -0.39 is 0 Å². The van der Waals surface area contributed by atoms with Gasteiger partial charge in [-0.2, -0.15) is 5.10 Å². The molecule has 1 heterocycles. The van der Waals surface area contributed by atoms with Crippen molar-refractivity contribution in [2.24, 2.45) is 5.10 Å². The first-order valence-corrected chi connectivity index (χ1v) is 10.1. The maximum atomic E-state index is 6.18.